The van der Waals surface area contributed by atoms with Crippen molar-refractivity contribution in [2.24, 2.45) is 5.92 Å². The zero-order chi connectivity index (χ0) is 14.3. The Balaban J connectivity index is 1.85. The van der Waals surface area contributed by atoms with Crippen molar-refractivity contribution in [1.82, 2.24) is 19.6 Å². The first kappa shape index (κ1) is 13.3. The van der Waals surface area contributed by atoms with E-state index in [-0.39, 0.29) is 0 Å². The number of hydrogen-bond acceptors (Lipinski definition) is 5. The van der Waals surface area contributed by atoms with Gasteiger partial charge in [-0.05, 0) is 39.5 Å². The second-order valence-electron chi connectivity index (χ2n) is 6.14. The van der Waals surface area contributed by atoms with Gasteiger partial charge in [-0.15, -0.1) is 0 Å². The summed E-state index contributed by atoms with van der Waals surface area (Å²) in [5.74, 6) is 2.04. The highest BCUT2D eigenvalue weighted by atomic mass is 16.3. The van der Waals surface area contributed by atoms with Gasteiger partial charge in [-0.25, -0.2) is 4.98 Å². The van der Waals surface area contributed by atoms with E-state index in [1.807, 2.05) is 26.8 Å². The van der Waals surface area contributed by atoms with Gasteiger partial charge in [-0.2, -0.15) is 14.6 Å². The third kappa shape index (κ3) is 2.35. The number of anilines is 1. The molecule has 0 radical (unpaired) electrons. The first-order chi connectivity index (χ1) is 9.45. The molecule has 0 aliphatic carbocycles. The lowest BCUT2D eigenvalue weighted by molar-refractivity contribution is 0.00643. The molecule has 0 unspecified atom stereocenters. The van der Waals surface area contributed by atoms with E-state index in [4.69, 9.17) is 0 Å². The average molecular weight is 275 g/mol. The molecule has 0 amide bonds. The topological polar surface area (TPSA) is 66.5 Å². The van der Waals surface area contributed by atoms with Gasteiger partial charge in [0.1, 0.15) is 12.1 Å². The summed E-state index contributed by atoms with van der Waals surface area (Å²) < 4.78 is 1.79. The van der Waals surface area contributed by atoms with Crippen molar-refractivity contribution in [3.05, 3.63) is 18.1 Å². The summed E-state index contributed by atoms with van der Waals surface area (Å²) in [6.45, 7) is 7.63. The number of piperidine rings is 1. The van der Waals surface area contributed by atoms with E-state index in [1.54, 1.807) is 4.52 Å². The maximum atomic E-state index is 10.1. The number of rotatable bonds is 2. The van der Waals surface area contributed by atoms with Crippen LogP contribution in [0.4, 0.5) is 5.82 Å². The molecule has 1 fully saturated rings. The quantitative estimate of drug-likeness (QED) is 0.898. The van der Waals surface area contributed by atoms with E-state index < -0.39 is 5.60 Å². The molecular weight excluding hydrogens is 254 g/mol. The van der Waals surface area contributed by atoms with Crippen LogP contribution >= 0.6 is 0 Å². The third-order valence-corrected chi connectivity index (χ3v) is 4.18. The van der Waals surface area contributed by atoms with Crippen LogP contribution in [0.1, 0.15) is 32.4 Å². The lowest BCUT2D eigenvalue weighted by Gasteiger charge is -2.38. The summed E-state index contributed by atoms with van der Waals surface area (Å²) in [7, 11) is 0. The van der Waals surface area contributed by atoms with E-state index in [0.717, 1.165) is 37.4 Å². The largest absolute Gasteiger partial charge is 0.390 e. The molecule has 6 nitrogen and oxygen atoms in total. The maximum Gasteiger partial charge on any atom is 0.254 e. The number of fused-ring (bicyclic) bond motifs is 1. The summed E-state index contributed by atoms with van der Waals surface area (Å²) in [6, 6.07) is 2.05. The molecule has 1 aliphatic heterocycles. The fourth-order valence-corrected chi connectivity index (χ4v) is 2.95. The van der Waals surface area contributed by atoms with Gasteiger partial charge in [0.25, 0.3) is 5.78 Å². The monoisotopic (exact) mass is 275 g/mol. The van der Waals surface area contributed by atoms with E-state index in [9.17, 15) is 5.11 Å². The Bertz CT molecular complexity index is 608. The molecule has 0 saturated carbocycles. The molecule has 1 aliphatic rings. The standard InChI is InChI=1S/C14H21N5O/c1-10-8-12(19-13(17-10)15-9-16-19)18-6-4-11(5-7-18)14(2,3)20/h8-9,11,20H,4-7H2,1-3H3. The van der Waals surface area contributed by atoms with Crippen LogP contribution in [-0.4, -0.2) is 43.4 Å². The van der Waals surface area contributed by atoms with E-state index in [2.05, 4.69) is 20.0 Å². The highest BCUT2D eigenvalue weighted by molar-refractivity contribution is 5.47. The highest BCUT2D eigenvalue weighted by Crippen LogP contribution is 2.30. The average Bonchev–Trinajstić information content (AvgIpc) is 2.85. The van der Waals surface area contributed by atoms with Crippen LogP contribution < -0.4 is 4.90 Å². The van der Waals surface area contributed by atoms with Crippen LogP contribution in [0.3, 0.4) is 0 Å². The molecule has 3 heterocycles. The Kier molecular flexibility index (Phi) is 3.12. The Labute approximate surface area is 118 Å². The summed E-state index contributed by atoms with van der Waals surface area (Å²) >= 11 is 0. The van der Waals surface area contributed by atoms with Crippen molar-refractivity contribution in [2.75, 3.05) is 18.0 Å². The fourth-order valence-electron chi connectivity index (χ4n) is 2.95. The summed E-state index contributed by atoms with van der Waals surface area (Å²) in [6.07, 6.45) is 3.51. The van der Waals surface area contributed by atoms with Gasteiger partial charge >= 0.3 is 0 Å². The predicted octanol–water partition coefficient (Wildman–Crippen LogP) is 1.42. The molecule has 0 atom stereocenters. The molecule has 1 saturated heterocycles. The molecule has 0 spiro atoms. The van der Waals surface area contributed by atoms with E-state index >= 15 is 0 Å². The minimum absolute atomic E-state index is 0.355. The van der Waals surface area contributed by atoms with Crippen LogP contribution in [0.5, 0.6) is 0 Å². The van der Waals surface area contributed by atoms with Crippen molar-refractivity contribution in [3.8, 4) is 0 Å². The normalized spacial score (nSPS) is 17.9. The van der Waals surface area contributed by atoms with Crippen molar-refractivity contribution >= 4 is 11.6 Å². The Hall–Kier alpha value is -1.69. The molecule has 6 heteroatoms. The predicted molar refractivity (Wildman–Crippen MR) is 76.8 cm³/mol. The van der Waals surface area contributed by atoms with Gasteiger partial charge in [-0.3, -0.25) is 0 Å². The highest BCUT2D eigenvalue weighted by Gasteiger charge is 2.31. The molecule has 1 N–H and O–H groups in total. The van der Waals surface area contributed by atoms with Crippen molar-refractivity contribution in [3.63, 3.8) is 0 Å². The van der Waals surface area contributed by atoms with Gasteiger partial charge < -0.3 is 10.0 Å². The summed E-state index contributed by atoms with van der Waals surface area (Å²) in [5, 5.41) is 14.4. The number of aliphatic hydroxyl groups is 1. The summed E-state index contributed by atoms with van der Waals surface area (Å²) in [4.78, 5) is 10.8. The van der Waals surface area contributed by atoms with Crippen molar-refractivity contribution < 1.29 is 5.11 Å². The van der Waals surface area contributed by atoms with Gasteiger partial charge in [0.2, 0.25) is 0 Å². The van der Waals surface area contributed by atoms with Gasteiger partial charge in [0.05, 0.1) is 5.60 Å². The molecule has 20 heavy (non-hydrogen) atoms. The Morgan fingerprint density at radius 3 is 2.65 bits per heavy atom. The molecule has 0 bridgehead atoms. The SMILES string of the molecule is Cc1cc(N2CCC(C(C)(C)O)CC2)n2ncnc2n1. The number of hydrogen-bond donors (Lipinski definition) is 1. The molecule has 3 rings (SSSR count). The molecule has 108 valence electrons. The van der Waals surface area contributed by atoms with Crippen LogP contribution in [0.2, 0.25) is 0 Å². The van der Waals surface area contributed by atoms with Gasteiger partial charge in [-0.1, -0.05) is 0 Å². The van der Waals surface area contributed by atoms with Crippen molar-refractivity contribution in [2.45, 2.75) is 39.2 Å². The molecule has 2 aromatic heterocycles. The van der Waals surface area contributed by atoms with Gasteiger partial charge in [0.15, 0.2) is 0 Å². The first-order valence-electron chi connectivity index (χ1n) is 7.10. The van der Waals surface area contributed by atoms with Crippen LogP contribution in [0.25, 0.3) is 5.78 Å². The van der Waals surface area contributed by atoms with E-state index in [0.29, 0.717) is 11.7 Å². The number of aromatic nitrogens is 4. The zero-order valence-corrected chi connectivity index (χ0v) is 12.2. The number of aryl methyl sites for hydroxylation is 1. The fraction of sp³-hybridized carbons (Fsp3) is 0.643. The lowest BCUT2D eigenvalue weighted by atomic mass is 9.83. The van der Waals surface area contributed by atoms with Gasteiger partial charge in [0, 0.05) is 24.8 Å². The zero-order valence-electron chi connectivity index (χ0n) is 12.2. The maximum absolute atomic E-state index is 10.1. The molecule has 0 aromatic carbocycles. The smallest absolute Gasteiger partial charge is 0.254 e. The summed E-state index contributed by atoms with van der Waals surface area (Å²) in [5.41, 5.74) is 0.355. The third-order valence-electron chi connectivity index (χ3n) is 4.18. The van der Waals surface area contributed by atoms with Crippen LogP contribution in [-0.2, 0) is 0 Å². The van der Waals surface area contributed by atoms with E-state index in [1.165, 1.54) is 6.33 Å². The first-order valence-corrected chi connectivity index (χ1v) is 7.10. The molecular formula is C14H21N5O. The lowest BCUT2D eigenvalue weighted by Crippen LogP contribution is -2.42. The Morgan fingerprint density at radius 2 is 2.00 bits per heavy atom. The minimum atomic E-state index is -0.594. The second kappa shape index (κ2) is 4.70. The van der Waals surface area contributed by atoms with Crippen LogP contribution in [0, 0.1) is 12.8 Å². The number of nitrogens with zero attached hydrogens (tertiary/aromatic N) is 5. The van der Waals surface area contributed by atoms with Crippen LogP contribution in [0.15, 0.2) is 12.4 Å². The van der Waals surface area contributed by atoms with Crippen molar-refractivity contribution in [1.29, 1.82) is 0 Å². The Morgan fingerprint density at radius 1 is 1.30 bits per heavy atom. The molecule has 2 aromatic rings. The minimum Gasteiger partial charge on any atom is -0.390 e. The second-order valence-corrected chi connectivity index (χ2v) is 6.14.